The molecule has 1 aliphatic carbocycles. The highest BCUT2D eigenvalue weighted by Gasteiger charge is 2.46. The van der Waals surface area contributed by atoms with E-state index in [-0.39, 0.29) is 17.9 Å². The van der Waals surface area contributed by atoms with Gasteiger partial charge in [-0.05, 0) is 29.8 Å². The van der Waals surface area contributed by atoms with E-state index in [2.05, 4.69) is 0 Å². The van der Waals surface area contributed by atoms with E-state index in [9.17, 15) is 14.3 Å². The molecule has 4 nitrogen and oxygen atoms in total. The molecule has 2 atom stereocenters. The number of carbonyl (C=O) groups is 1. The number of alkyl halides is 1. The molecule has 1 saturated carbocycles. The maximum Gasteiger partial charge on any atom is 0.343 e. The first-order valence-electron chi connectivity index (χ1n) is 5.94. The van der Waals surface area contributed by atoms with Gasteiger partial charge in [0.05, 0.1) is 0 Å². The van der Waals surface area contributed by atoms with Gasteiger partial charge in [0.15, 0.2) is 0 Å². The van der Waals surface area contributed by atoms with E-state index in [1.165, 1.54) is 0 Å². The first-order valence-corrected chi connectivity index (χ1v) is 5.94. The monoisotopic (exact) mass is 250 g/mol. The Kier molecular flexibility index (Phi) is 2.65. The van der Waals surface area contributed by atoms with Gasteiger partial charge in [-0.1, -0.05) is 6.07 Å². The van der Waals surface area contributed by atoms with Crippen LogP contribution in [0.25, 0.3) is 0 Å². The smallest absolute Gasteiger partial charge is 0.343 e. The third kappa shape index (κ3) is 1.72. The number of fused-ring (bicyclic) bond motifs is 3. The summed E-state index contributed by atoms with van der Waals surface area (Å²) in [6.45, 7) is -0.799. The van der Waals surface area contributed by atoms with E-state index >= 15 is 0 Å². The van der Waals surface area contributed by atoms with Gasteiger partial charge in [0.2, 0.25) is 0 Å². The van der Waals surface area contributed by atoms with E-state index < -0.39 is 12.6 Å². The average Bonchev–Trinajstić information content (AvgIpc) is 3.14. The largest absolute Gasteiger partial charge is 0.563 e. The van der Waals surface area contributed by atoms with Gasteiger partial charge in [-0.3, -0.25) is 0 Å². The zero-order valence-electron chi connectivity index (χ0n) is 9.69. The van der Waals surface area contributed by atoms with Gasteiger partial charge in [-0.2, -0.15) is 0 Å². The predicted molar refractivity (Wildman–Crippen MR) is 63.8 cm³/mol. The topological polar surface area (TPSA) is 55.8 Å². The number of halogens is 1. The summed E-state index contributed by atoms with van der Waals surface area (Å²) in [6.07, 6.45) is 1.05. The third-order valence-electron chi connectivity index (χ3n) is 3.46. The number of carboxylic acid groups (broad SMARTS) is 1. The molecule has 0 saturated heterocycles. The first kappa shape index (κ1) is 11.4. The summed E-state index contributed by atoms with van der Waals surface area (Å²) in [5, 5.41) is 9.27. The normalized spacial score (nSPS) is 23.2. The summed E-state index contributed by atoms with van der Waals surface area (Å²) < 4.78 is 22.8. The van der Waals surface area contributed by atoms with E-state index in [0.717, 1.165) is 12.0 Å². The summed E-state index contributed by atoms with van der Waals surface area (Å²) in [5.41, 5.74) is 0.961. The van der Waals surface area contributed by atoms with Gasteiger partial charge >= 0.3 is 13.5 Å². The fraction of sp³-hybridized carbons (Fsp3) is 0.417. The molecule has 2 unspecified atom stereocenters. The molecule has 0 spiro atoms. The van der Waals surface area contributed by atoms with Crippen LogP contribution in [-0.4, -0.2) is 31.8 Å². The Bertz CT molecular complexity index is 505. The number of rotatable bonds is 4. The van der Waals surface area contributed by atoms with Crippen LogP contribution in [0.2, 0.25) is 5.82 Å². The quantitative estimate of drug-likeness (QED) is 0.827. The minimum atomic E-state index is -1.10. The maximum atomic E-state index is 12.1. The number of hydrogen-bond donors (Lipinski definition) is 1. The molecule has 6 heteroatoms. The second kappa shape index (κ2) is 4.19. The molecule has 94 valence electrons. The van der Waals surface area contributed by atoms with Crippen LogP contribution in [0.15, 0.2) is 12.1 Å². The van der Waals surface area contributed by atoms with Gasteiger partial charge in [0, 0.05) is 0 Å². The molecule has 0 aromatic heterocycles. The van der Waals surface area contributed by atoms with E-state index in [0.29, 0.717) is 25.0 Å². The zero-order valence-corrected chi connectivity index (χ0v) is 9.69. The van der Waals surface area contributed by atoms with Crippen LogP contribution >= 0.6 is 0 Å². The fourth-order valence-corrected chi connectivity index (χ4v) is 2.50. The SMILES string of the molecule is O=C(O)c1c(OCCF)ccc2c1OBC1CC21. The number of ether oxygens (including phenoxy) is 1. The summed E-state index contributed by atoms with van der Waals surface area (Å²) in [7, 11) is 0.560. The molecule has 3 rings (SSSR count). The number of carboxylic acids is 1. The van der Waals surface area contributed by atoms with Crippen molar-refractivity contribution in [2.24, 2.45) is 0 Å². The lowest BCUT2D eigenvalue weighted by molar-refractivity contribution is 0.0689. The highest BCUT2D eigenvalue weighted by Crippen LogP contribution is 2.58. The summed E-state index contributed by atoms with van der Waals surface area (Å²) in [6, 6.07) is 3.43. The molecule has 1 aromatic carbocycles. The minimum Gasteiger partial charge on any atom is -0.563 e. The second-order valence-corrected chi connectivity index (χ2v) is 4.61. The van der Waals surface area contributed by atoms with E-state index in [1.54, 1.807) is 6.07 Å². The maximum absolute atomic E-state index is 12.1. The van der Waals surface area contributed by atoms with Crippen LogP contribution < -0.4 is 9.39 Å². The van der Waals surface area contributed by atoms with Crippen LogP contribution in [0.1, 0.15) is 28.3 Å². The Hall–Kier alpha value is -1.72. The van der Waals surface area contributed by atoms with Crippen LogP contribution in [0.5, 0.6) is 11.5 Å². The van der Waals surface area contributed by atoms with Crippen LogP contribution in [0, 0.1) is 0 Å². The van der Waals surface area contributed by atoms with E-state index in [1.807, 2.05) is 6.07 Å². The van der Waals surface area contributed by atoms with E-state index in [4.69, 9.17) is 9.39 Å². The van der Waals surface area contributed by atoms with Crippen molar-refractivity contribution in [3.8, 4) is 11.5 Å². The molecule has 1 heterocycles. The van der Waals surface area contributed by atoms with Crippen LogP contribution in [0.4, 0.5) is 4.39 Å². The molecule has 0 bridgehead atoms. The van der Waals surface area contributed by atoms with Crippen molar-refractivity contribution in [3.05, 3.63) is 23.3 Å². The van der Waals surface area contributed by atoms with Gasteiger partial charge in [0.25, 0.3) is 0 Å². The Balaban J connectivity index is 2.03. The van der Waals surface area contributed by atoms with Gasteiger partial charge in [-0.15, -0.1) is 0 Å². The highest BCUT2D eigenvalue weighted by atomic mass is 19.1. The molecular formula is C12H12BFO4. The fourth-order valence-electron chi connectivity index (χ4n) is 2.50. The molecule has 18 heavy (non-hydrogen) atoms. The molecule has 2 aliphatic rings. The summed E-state index contributed by atoms with van der Waals surface area (Å²) in [4.78, 5) is 11.3. The van der Waals surface area contributed by atoms with Crippen LogP contribution in [-0.2, 0) is 0 Å². The number of aromatic carboxylic acids is 1. The van der Waals surface area contributed by atoms with Crippen molar-refractivity contribution in [2.75, 3.05) is 13.3 Å². The molecule has 0 amide bonds. The summed E-state index contributed by atoms with van der Waals surface area (Å²) >= 11 is 0. The van der Waals surface area contributed by atoms with Crippen LogP contribution in [0.3, 0.4) is 0 Å². The average molecular weight is 250 g/mol. The standard InChI is InChI=1S/C12H12BFO4/c14-3-4-17-9-2-1-6-7-5-8(7)13-18-11(6)10(9)12(15)16/h1-2,7-8,13H,3-5H2,(H,15,16). The lowest BCUT2D eigenvalue weighted by Gasteiger charge is -2.20. The van der Waals surface area contributed by atoms with Crippen molar-refractivity contribution < 1.29 is 23.7 Å². The molecule has 1 aliphatic heterocycles. The first-order chi connectivity index (χ1) is 8.72. The Morgan fingerprint density at radius 1 is 1.61 bits per heavy atom. The van der Waals surface area contributed by atoms with Crippen molar-refractivity contribution in [3.63, 3.8) is 0 Å². The van der Waals surface area contributed by atoms with Gasteiger partial charge in [0.1, 0.15) is 30.3 Å². The van der Waals surface area contributed by atoms with Crippen molar-refractivity contribution in [2.45, 2.75) is 18.2 Å². The van der Waals surface area contributed by atoms with Crippen molar-refractivity contribution in [1.29, 1.82) is 0 Å². The van der Waals surface area contributed by atoms with Gasteiger partial charge in [-0.25, -0.2) is 9.18 Å². The Morgan fingerprint density at radius 2 is 2.44 bits per heavy atom. The highest BCUT2D eigenvalue weighted by molar-refractivity contribution is 6.34. The molecule has 1 N–H and O–H groups in total. The molecule has 1 aromatic rings. The minimum absolute atomic E-state index is 0.0197. The Morgan fingerprint density at radius 3 is 3.17 bits per heavy atom. The zero-order chi connectivity index (χ0) is 12.7. The molecule has 0 radical (unpaired) electrons. The predicted octanol–water partition coefficient (Wildman–Crippen LogP) is 1.75. The number of hydrogen-bond acceptors (Lipinski definition) is 3. The molecule has 1 fully saturated rings. The second-order valence-electron chi connectivity index (χ2n) is 4.61. The molecular weight excluding hydrogens is 238 g/mol. The third-order valence-corrected chi connectivity index (χ3v) is 3.46. The Labute approximate surface area is 104 Å². The number of benzene rings is 1. The lowest BCUT2D eigenvalue weighted by Crippen LogP contribution is -2.15. The van der Waals surface area contributed by atoms with Crippen molar-refractivity contribution in [1.82, 2.24) is 0 Å². The lowest BCUT2D eigenvalue weighted by atomic mass is 9.84. The van der Waals surface area contributed by atoms with Gasteiger partial charge < -0.3 is 14.5 Å². The summed E-state index contributed by atoms with van der Waals surface area (Å²) in [5.74, 6) is 0.425. The van der Waals surface area contributed by atoms with Crippen molar-refractivity contribution >= 4 is 13.5 Å².